The summed E-state index contributed by atoms with van der Waals surface area (Å²) < 4.78 is 18.0. The summed E-state index contributed by atoms with van der Waals surface area (Å²) in [4.78, 5) is 22.9. The molecule has 0 bridgehead atoms. The first kappa shape index (κ1) is 14.4. The van der Waals surface area contributed by atoms with Crippen molar-refractivity contribution in [2.75, 3.05) is 6.61 Å². The maximum absolute atomic E-state index is 13.3. The van der Waals surface area contributed by atoms with Gasteiger partial charge in [0.05, 0.1) is 6.61 Å². The Bertz CT molecular complexity index is 441. The smallest absolute Gasteiger partial charge is 0.305 e. The van der Waals surface area contributed by atoms with E-state index in [9.17, 15) is 14.0 Å². The van der Waals surface area contributed by atoms with Crippen molar-refractivity contribution in [2.24, 2.45) is 0 Å². The van der Waals surface area contributed by atoms with Crippen molar-refractivity contribution in [3.8, 4) is 0 Å². The zero-order valence-electron chi connectivity index (χ0n) is 10.7. The average Bonchev–Trinajstić information content (AvgIpc) is 2.33. The molecule has 4 heteroatoms. The molecular weight excluding hydrogens is 235 g/mol. The minimum Gasteiger partial charge on any atom is -0.466 e. The number of carbonyl (C=O) groups is 2. The lowest BCUT2D eigenvalue weighted by Gasteiger charge is -2.05. The van der Waals surface area contributed by atoms with Gasteiger partial charge in [0.25, 0.3) is 0 Å². The Kier molecular flexibility index (Phi) is 5.49. The topological polar surface area (TPSA) is 43.4 Å². The van der Waals surface area contributed by atoms with E-state index in [1.54, 1.807) is 19.9 Å². The van der Waals surface area contributed by atoms with Crippen molar-refractivity contribution in [1.29, 1.82) is 0 Å². The highest BCUT2D eigenvalue weighted by molar-refractivity contribution is 5.97. The van der Waals surface area contributed by atoms with Crippen molar-refractivity contribution in [1.82, 2.24) is 0 Å². The van der Waals surface area contributed by atoms with E-state index in [-0.39, 0.29) is 30.4 Å². The Hall–Kier alpha value is -1.71. The summed E-state index contributed by atoms with van der Waals surface area (Å²) in [6, 6.07) is 4.44. The molecule has 0 aromatic heterocycles. The number of hydrogen-bond donors (Lipinski definition) is 0. The van der Waals surface area contributed by atoms with Crippen LogP contribution in [-0.4, -0.2) is 18.4 Å². The molecule has 0 aliphatic carbocycles. The molecule has 3 nitrogen and oxygen atoms in total. The number of Topliss-reactive ketones (excluding diaryl/α,β-unsaturated/α-hetero) is 1. The van der Waals surface area contributed by atoms with E-state index in [2.05, 4.69) is 0 Å². The third-order valence-electron chi connectivity index (χ3n) is 2.66. The molecule has 1 aromatic carbocycles. The van der Waals surface area contributed by atoms with Crippen LogP contribution in [0, 0.1) is 12.7 Å². The third-order valence-corrected chi connectivity index (χ3v) is 2.66. The molecule has 0 heterocycles. The Morgan fingerprint density at radius 2 is 2.00 bits per heavy atom. The van der Waals surface area contributed by atoms with Crippen LogP contribution in [0.2, 0.25) is 0 Å². The molecule has 0 radical (unpaired) electrons. The van der Waals surface area contributed by atoms with E-state index in [4.69, 9.17) is 4.74 Å². The van der Waals surface area contributed by atoms with Crippen molar-refractivity contribution in [2.45, 2.75) is 33.1 Å². The molecule has 0 atom stereocenters. The molecule has 18 heavy (non-hydrogen) atoms. The highest BCUT2D eigenvalue weighted by Crippen LogP contribution is 2.15. The first-order valence-corrected chi connectivity index (χ1v) is 6.00. The Balaban J connectivity index is 2.51. The average molecular weight is 252 g/mol. The van der Waals surface area contributed by atoms with E-state index in [0.717, 1.165) is 0 Å². The predicted molar refractivity (Wildman–Crippen MR) is 66.0 cm³/mol. The lowest BCUT2D eigenvalue weighted by Crippen LogP contribution is -2.07. The molecule has 0 saturated heterocycles. The SMILES string of the molecule is CCOC(=O)CCCC(=O)c1cccc(F)c1C. The zero-order chi connectivity index (χ0) is 13.5. The fourth-order valence-electron chi connectivity index (χ4n) is 1.67. The van der Waals surface area contributed by atoms with Crippen molar-refractivity contribution in [3.05, 3.63) is 35.1 Å². The van der Waals surface area contributed by atoms with Crippen LogP contribution in [0.1, 0.15) is 42.1 Å². The van der Waals surface area contributed by atoms with Gasteiger partial charge in [-0.25, -0.2) is 4.39 Å². The summed E-state index contributed by atoms with van der Waals surface area (Å²) in [6.07, 6.45) is 0.866. The van der Waals surface area contributed by atoms with Crippen LogP contribution in [0.15, 0.2) is 18.2 Å². The van der Waals surface area contributed by atoms with Gasteiger partial charge in [-0.15, -0.1) is 0 Å². The van der Waals surface area contributed by atoms with E-state index >= 15 is 0 Å². The number of halogens is 1. The molecule has 0 saturated carbocycles. The Morgan fingerprint density at radius 3 is 2.67 bits per heavy atom. The molecule has 0 aliphatic rings. The molecule has 1 rings (SSSR count). The minimum absolute atomic E-state index is 0.142. The summed E-state index contributed by atoms with van der Waals surface area (Å²) in [5.41, 5.74) is 0.748. The van der Waals surface area contributed by atoms with Crippen molar-refractivity contribution >= 4 is 11.8 Å². The van der Waals surface area contributed by atoms with Crippen LogP contribution >= 0.6 is 0 Å². The number of esters is 1. The second-order valence-corrected chi connectivity index (χ2v) is 3.99. The number of carbonyl (C=O) groups excluding carboxylic acids is 2. The van der Waals surface area contributed by atoms with E-state index in [0.29, 0.717) is 24.2 Å². The summed E-state index contributed by atoms with van der Waals surface area (Å²) in [7, 11) is 0. The van der Waals surface area contributed by atoms with Gasteiger partial charge in [-0.2, -0.15) is 0 Å². The van der Waals surface area contributed by atoms with Crippen LogP contribution in [0.3, 0.4) is 0 Å². The number of rotatable bonds is 6. The summed E-state index contributed by atoms with van der Waals surface area (Å²) in [5, 5.41) is 0. The maximum atomic E-state index is 13.3. The first-order chi connectivity index (χ1) is 8.56. The van der Waals surface area contributed by atoms with Crippen molar-refractivity contribution in [3.63, 3.8) is 0 Å². The van der Waals surface area contributed by atoms with Gasteiger partial charge in [-0.05, 0) is 31.9 Å². The number of ether oxygens (including phenoxy) is 1. The van der Waals surface area contributed by atoms with E-state index < -0.39 is 0 Å². The molecule has 0 unspecified atom stereocenters. The lowest BCUT2D eigenvalue weighted by atomic mass is 10.0. The molecular formula is C14H17FO3. The van der Waals surface area contributed by atoms with Gasteiger partial charge in [0.15, 0.2) is 5.78 Å². The maximum Gasteiger partial charge on any atom is 0.305 e. The normalized spacial score (nSPS) is 10.2. The standard InChI is InChI=1S/C14H17FO3/c1-3-18-14(17)9-5-8-13(16)11-6-4-7-12(15)10(11)2/h4,6-7H,3,5,8-9H2,1-2H3. The molecule has 0 amide bonds. The van der Waals surface area contributed by atoms with Crippen LogP contribution < -0.4 is 0 Å². The number of ketones is 1. The summed E-state index contributed by atoms with van der Waals surface area (Å²) in [5.74, 6) is -0.830. The third kappa shape index (κ3) is 3.95. The fourth-order valence-corrected chi connectivity index (χ4v) is 1.67. The molecule has 0 fully saturated rings. The van der Waals surface area contributed by atoms with Crippen LogP contribution in [0.5, 0.6) is 0 Å². The van der Waals surface area contributed by atoms with Gasteiger partial charge in [-0.3, -0.25) is 9.59 Å². The number of benzene rings is 1. The highest BCUT2D eigenvalue weighted by Gasteiger charge is 2.12. The largest absolute Gasteiger partial charge is 0.466 e. The predicted octanol–water partition coefficient (Wildman–Crippen LogP) is 3.05. The Morgan fingerprint density at radius 1 is 1.28 bits per heavy atom. The monoisotopic (exact) mass is 252 g/mol. The Labute approximate surface area is 106 Å². The van der Waals surface area contributed by atoms with Gasteiger partial charge >= 0.3 is 5.97 Å². The first-order valence-electron chi connectivity index (χ1n) is 6.00. The second kappa shape index (κ2) is 6.89. The van der Waals surface area contributed by atoms with Crippen molar-refractivity contribution < 1.29 is 18.7 Å². The van der Waals surface area contributed by atoms with Crippen LogP contribution in [0.4, 0.5) is 4.39 Å². The highest BCUT2D eigenvalue weighted by atomic mass is 19.1. The van der Waals surface area contributed by atoms with Gasteiger partial charge in [0.2, 0.25) is 0 Å². The second-order valence-electron chi connectivity index (χ2n) is 3.99. The van der Waals surface area contributed by atoms with Gasteiger partial charge in [0, 0.05) is 18.4 Å². The molecule has 98 valence electrons. The lowest BCUT2D eigenvalue weighted by molar-refractivity contribution is -0.143. The van der Waals surface area contributed by atoms with Crippen LogP contribution in [0.25, 0.3) is 0 Å². The molecule has 1 aromatic rings. The summed E-state index contributed by atoms with van der Waals surface area (Å²) in [6.45, 7) is 3.66. The molecule has 0 spiro atoms. The quantitative estimate of drug-likeness (QED) is 0.577. The van der Waals surface area contributed by atoms with E-state index in [1.165, 1.54) is 12.1 Å². The molecule has 0 N–H and O–H groups in total. The zero-order valence-corrected chi connectivity index (χ0v) is 10.7. The van der Waals surface area contributed by atoms with Gasteiger partial charge < -0.3 is 4.74 Å². The van der Waals surface area contributed by atoms with Crippen LogP contribution in [-0.2, 0) is 9.53 Å². The molecule has 0 aliphatic heterocycles. The summed E-state index contributed by atoms with van der Waals surface area (Å²) >= 11 is 0. The number of hydrogen-bond acceptors (Lipinski definition) is 3. The van der Waals surface area contributed by atoms with E-state index in [1.807, 2.05) is 0 Å². The van der Waals surface area contributed by atoms with Gasteiger partial charge in [0.1, 0.15) is 5.82 Å². The fraction of sp³-hybridized carbons (Fsp3) is 0.429. The minimum atomic E-state index is -0.383. The van der Waals surface area contributed by atoms with Gasteiger partial charge in [-0.1, -0.05) is 12.1 Å².